The molecule has 124 valence electrons. The Balaban J connectivity index is 1.54. The van der Waals surface area contributed by atoms with E-state index >= 15 is 0 Å². The molecule has 0 aromatic heterocycles. The summed E-state index contributed by atoms with van der Waals surface area (Å²) in [6.45, 7) is 2.60. The molecule has 0 heterocycles. The van der Waals surface area contributed by atoms with E-state index in [1.165, 1.54) is 6.42 Å². The van der Waals surface area contributed by atoms with Gasteiger partial charge in [0.15, 0.2) is 0 Å². The summed E-state index contributed by atoms with van der Waals surface area (Å²) in [5, 5.41) is 2.99. The van der Waals surface area contributed by atoms with Gasteiger partial charge in [-0.15, -0.1) is 0 Å². The first kappa shape index (κ1) is 16.0. The van der Waals surface area contributed by atoms with Crippen molar-refractivity contribution in [3.63, 3.8) is 0 Å². The van der Waals surface area contributed by atoms with Crippen molar-refractivity contribution >= 4 is 11.9 Å². The van der Waals surface area contributed by atoms with Crippen LogP contribution >= 0.6 is 0 Å². The van der Waals surface area contributed by atoms with Gasteiger partial charge in [0.2, 0.25) is 5.91 Å². The van der Waals surface area contributed by atoms with Crippen molar-refractivity contribution in [3.05, 3.63) is 35.4 Å². The lowest BCUT2D eigenvalue weighted by atomic mass is 9.84. The van der Waals surface area contributed by atoms with Gasteiger partial charge in [0.1, 0.15) is 0 Å². The quantitative estimate of drug-likeness (QED) is 0.812. The van der Waals surface area contributed by atoms with Gasteiger partial charge in [0.25, 0.3) is 0 Å². The SMILES string of the molecule is CCOC(=O)c1ccc(CNC(=O)C2C3CCC(C3)C2N)cc1. The van der Waals surface area contributed by atoms with Gasteiger partial charge in [-0.3, -0.25) is 4.79 Å². The zero-order valence-electron chi connectivity index (χ0n) is 13.5. The Hall–Kier alpha value is -1.88. The van der Waals surface area contributed by atoms with Crippen LogP contribution in [0.1, 0.15) is 42.1 Å². The predicted octanol–water partition coefficient (Wildman–Crippen LogP) is 1.85. The summed E-state index contributed by atoms with van der Waals surface area (Å²) in [4.78, 5) is 24.0. The fourth-order valence-electron chi connectivity index (χ4n) is 4.00. The number of rotatable bonds is 5. The molecule has 1 amide bonds. The Morgan fingerprint density at radius 2 is 1.91 bits per heavy atom. The van der Waals surface area contributed by atoms with E-state index < -0.39 is 0 Å². The molecule has 1 aromatic carbocycles. The number of benzene rings is 1. The molecule has 2 aliphatic carbocycles. The molecule has 2 fully saturated rings. The first-order valence-corrected chi connectivity index (χ1v) is 8.39. The van der Waals surface area contributed by atoms with Crippen molar-refractivity contribution in [2.75, 3.05) is 6.61 Å². The zero-order valence-corrected chi connectivity index (χ0v) is 13.5. The monoisotopic (exact) mass is 316 g/mol. The van der Waals surface area contributed by atoms with Crippen molar-refractivity contribution in [2.24, 2.45) is 23.5 Å². The summed E-state index contributed by atoms with van der Waals surface area (Å²) in [7, 11) is 0. The number of fused-ring (bicyclic) bond motifs is 2. The van der Waals surface area contributed by atoms with E-state index in [-0.39, 0.29) is 23.8 Å². The molecule has 3 N–H and O–H groups in total. The van der Waals surface area contributed by atoms with E-state index in [0.29, 0.717) is 30.6 Å². The number of ether oxygens (including phenoxy) is 1. The van der Waals surface area contributed by atoms with Crippen molar-refractivity contribution in [1.82, 2.24) is 5.32 Å². The fraction of sp³-hybridized carbons (Fsp3) is 0.556. The molecule has 1 aromatic rings. The lowest BCUT2D eigenvalue weighted by Crippen LogP contribution is -2.45. The normalized spacial score (nSPS) is 28.6. The zero-order chi connectivity index (χ0) is 16.4. The summed E-state index contributed by atoms with van der Waals surface area (Å²) >= 11 is 0. The number of carbonyl (C=O) groups excluding carboxylic acids is 2. The standard InChI is InChI=1S/C18H24N2O3/c1-2-23-18(22)12-5-3-11(4-6-12)10-20-17(21)15-13-7-8-14(9-13)16(15)19/h3-6,13-16H,2,7-10,19H2,1H3,(H,20,21). The number of hydrogen-bond donors (Lipinski definition) is 2. The lowest BCUT2D eigenvalue weighted by Gasteiger charge is -2.27. The molecule has 23 heavy (non-hydrogen) atoms. The molecule has 0 spiro atoms. The van der Waals surface area contributed by atoms with E-state index in [2.05, 4.69) is 5.32 Å². The summed E-state index contributed by atoms with van der Waals surface area (Å²) in [6.07, 6.45) is 3.41. The van der Waals surface area contributed by atoms with E-state index in [4.69, 9.17) is 10.5 Å². The van der Waals surface area contributed by atoms with Crippen LogP contribution in [0.3, 0.4) is 0 Å². The van der Waals surface area contributed by atoms with Gasteiger partial charge in [-0.2, -0.15) is 0 Å². The van der Waals surface area contributed by atoms with Gasteiger partial charge < -0.3 is 15.8 Å². The van der Waals surface area contributed by atoms with Gasteiger partial charge in [-0.1, -0.05) is 12.1 Å². The van der Waals surface area contributed by atoms with Crippen LogP contribution in [0, 0.1) is 17.8 Å². The van der Waals surface area contributed by atoms with Gasteiger partial charge in [0, 0.05) is 12.6 Å². The largest absolute Gasteiger partial charge is 0.462 e. The van der Waals surface area contributed by atoms with Crippen LogP contribution < -0.4 is 11.1 Å². The van der Waals surface area contributed by atoms with Gasteiger partial charge in [-0.05, 0) is 55.7 Å². The Kier molecular flexibility index (Phi) is 4.66. The number of nitrogens with two attached hydrogens (primary N) is 1. The molecule has 0 radical (unpaired) electrons. The van der Waals surface area contributed by atoms with Crippen LogP contribution in [0.15, 0.2) is 24.3 Å². The third-order valence-corrected chi connectivity index (χ3v) is 5.22. The van der Waals surface area contributed by atoms with Gasteiger partial charge in [0.05, 0.1) is 18.1 Å². The molecular weight excluding hydrogens is 292 g/mol. The van der Waals surface area contributed by atoms with Gasteiger partial charge in [-0.25, -0.2) is 4.79 Å². The molecule has 5 heteroatoms. The molecule has 3 rings (SSSR count). The average molecular weight is 316 g/mol. The molecular formula is C18H24N2O3. The van der Waals surface area contributed by atoms with E-state index in [0.717, 1.165) is 18.4 Å². The minimum Gasteiger partial charge on any atom is -0.462 e. The third kappa shape index (κ3) is 3.24. The summed E-state index contributed by atoms with van der Waals surface area (Å²) in [5.74, 6) is 0.698. The first-order valence-electron chi connectivity index (χ1n) is 8.39. The number of hydrogen-bond acceptors (Lipinski definition) is 4. The van der Waals surface area contributed by atoms with Crippen molar-refractivity contribution in [3.8, 4) is 0 Å². The number of amides is 1. The molecule has 5 nitrogen and oxygen atoms in total. The highest BCUT2D eigenvalue weighted by atomic mass is 16.5. The third-order valence-electron chi connectivity index (χ3n) is 5.22. The molecule has 4 unspecified atom stereocenters. The minimum atomic E-state index is -0.323. The minimum absolute atomic E-state index is 0.0138. The van der Waals surface area contributed by atoms with Crippen molar-refractivity contribution < 1.29 is 14.3 Å². The Morgan fingerprint density at radius 1 is 1.22 bits per heavy atom. The second kappa shape index (κ2) is 6.71. The topological polar surface area (TPSA) is 81.4 Å². The lowest BCUT2D eigenvalue weighted by molar-refractivity contribution is -0.127. The van der Waals surface area contributed by atoms with E-state index in [1.54, 1.807) is 19.1 Å². The average Bonchev–Trinajstić information content (AvgIpc) is 3.14. The maximum atomic E-state index is 12.4. The van der Waals surface area contributed by atoms with E-state index in [9.17, 15) is 9.59 Å². The second-order valence-electron chi connectivity index (χ2n) is 6.57. The smallest absolute Gasteiger partial charge is 0.338 e. The van der Waals surface area contributed by atoms with Crippen molar-refractivity contribution in [1.29, 1.82) is 0 Å². The van der Waals surface area contributed by atoms with Crippen LogP contribution in [0.2, 0.25) is 0 Å². The Morgan fingerprint density at radius 3 is 2.52 bits per heavy atom. The number of carbonyl (C=O) groups is 2. The highest BCUT2D eigenvalue weighted by Crippen LogP contribution is 2.47. The molecule has 0 aliphatic heterocycles. The van der Waals surface area contributed by atoms with Gasteiger partial charge >= 0.3 is 5.97 Å². The number of nitrogens with one attached hydrogen (secondary N) is 1. The molecule has 2 bridgehead atoms. The summed E-state index contributed by atoms with van der Waals surface area (Å²) < 4.78 is 4.95. The van der Waals surface area contributed by atoms with Crippen LogP contribution in [-0.4, -0.2) is 24.5 Å². The Labute approximate surface area is 136 Å². The molecule has 0 saturated heterocycles. The van der Waals surface area contributed by atoms with Crippen LogP contribution in [0.25, 0.3) is 0 Å². The number of esters is 1. The van der Waals surface area contributed by atoms with Crippen molar-refractivity contribution in [2.45, 2.75) is 38.8 Å². The maximum Gasteiger partial charge on any atom is 0.338 e. The van der Waals surface area contributed by atoms with Crippen LogP contribution in [0.5, 0.6) is 0 Å². The molecule has 2 saturated carbocycles. The Bertz CT molecular complexity index is 582. The maximum absolute atomic E-state index is 12.4. The van der Waals surface area contributed by atoms with E-state index in [1.807, 2.05) is 12.1 Å². The second-order valence-corrected chi connectivity index (χ2v) is 6.57. The first-order chi connectivity index (χ1) is 11.1. The highest BCUT2D eigenvalue weighted by molar-refractivity contribution is 5.89. The molecule has 2 aliphatic rings. The molecule has 4 atom stereocenters. The summed E-state index contributed by atoms with van der Waals surface area (Å²) in [6, 6.07) is 7.14. The summed E-state index contributed by atoms with van der Waals surface area (Å²) in [5.41, 5.74) is 7.69. The fourth-order valence-corrected chi connectivity index (χ4v) is 4.00. The van der Waals surface area contributed by atoms with Crippen LogP contribution in [0.4, 0.5) is 0 Å². The van der Waals surface area contributed by atoms with Crippen LogP contribution in [-0.2, 0) is 16.1 Å². The highest BCUT2D eigenvalue weighted by Gasteiger charge is 2.48. The predicted molar refractivity (Wildman–Crippen MR) is 86.5 cm³/mol.